The van der Waals surface area contributed by atoms with Crippen molar-refractivity contribution in [2.75, 3.05) is 20.2 Å². The lowest BCUT2D eigenvalue weighted by Gasteiger charge is -2.18. The second-order valence-corrected chi connectivity index (χ2v) is 4.29. The van der Waals surface area contributed by atoms with Crippen LogP contribution in [0.1, 0.15) is 36.2 Å². The number of amides is 1. The molecule has 4 heteroatoms. The summed E-state index contributed by atoms with van der Waals surface area (Å²) in [6.07, 6.45) is 1.04. The van der Waals surface area contributed by atoms with Gasteiger partial charge in [0, 0.05) is 19.2 Å². The quantitative estimate of drug-likeness (QED) is 0.740. The van der Waals surface area contributed by atoms with E-state index in [4.69, 9.17) is 4.74 Å². The summed E-state index contributed by atoms with van der Waals surface area (Å²) in [5.74, 6) is -0.326. The van der Waals surface area contributed by atoms with Crippen molar-refractivity contribution in [1.82, 2.24) is 4.90 Å². The van der Waals surface area contributed by atoms with Gasteiger partial charge in [0.15, 0.2) is 0 Å². The van der Waals surface area contributed by atoms with Crippen molar-refractivity contribution in [1.29, 1.82) is 0 Å². The Hall–Kier alpha value is -1.84. The maximum Gasteiger partial charge on any atom is 0.307 e. The predicted molar refractivity (Wildman–Crippen MR) is 74.0 cm³/mol. The molecule has 0 N–H and O–H groups in total. The highest BCUT2D eigenvalue weighted by Gasteiger charge is 2.15. The van der Waals surface area contributed by atoms with Crippen molar-refractivity contribution in [3.8, 4) is 0 Å². The molecule has 104 valence electrons. The van der Waals surface area contributed by atoms with Gasteiger partial charge >= 0.3 is 5.97 Å². The van der Waals surface area contributed by atoms with Crippen molar-refractivity contribution >= 4 is 11.9 Å². The fourth-order valence-corrected chi connectivity index (χ4v) is 1.84. The fourth-order valence-electron chi connectivity index (χ4n) is 1.84. The molecular formula is C15H21NO3. The summed E-state index contributed by atoms with van der Waals surface area (Å²) in [6, 6.07) is 7.55. The van der Waals surface area contributed by atoms with Crippen LogP contribution >= 0.6 is 0 Å². The second-order valence-electron chi connectivity index (χ2n) is 4.29. The number of nitrogens with zero attached hydrogens (tertiary/aromatic N) is 1. The summed E-state index contributed by atoms with van der Waals surface area (Å²) in [5, 5.41) is 0. The summed E-state index contributed by atoms with van der Waals surface area (Å²) in [6.45, 7) is 4.53. The van der Waals surface area contributed by atoms with E-state index >= 15 is 0 Å². The molecule has 0 saturated heterocycles. The van der Waals surface area contributed by atoms with Crippen molar-refractivity contribution in [2.24, 2.45) is 0 Å². The number of carbonyl (C=O) groups is 2. The van der Waals surface area contributed by atoms with Gasteiger partial charge < -0.3 is 9.64 Å². The van der Waals surface area contributed by atoms with E-state index in [-0.39, 0.29) is 18.3 Å². The van der Waals surface area contributed by atoms with Crippen LogP contribution < -0.4 is 0 Å². The predicted octanol–water partition coefficient (Wildman–Crippen LogP) is 2.27. The van der Waals surface area contributed by atoms with Crippen LogP contribution in [0.2, 0.25) is 0 Å². The molecule has 19 heavy (non-hydrogen) atoms. The van der Waals surface area contributed by atoms with Crippen LogP contribution in [0.4, 0.5) is 0 Å². The molecule has 0 fully saturated rings. The first kappa shape index (κ1) is 15.2. The maximum atomic E-state index is 12.3. The van der Waals surface area contributed by atoms with Crippen LogP contribution in [0.3, 0.4) is 0 Å². The van der Waals surface area contributed by atoms with Gasteiger partial charge in [0.2, 0.25) is 0 Å². The number of esters is 1. The first-order chi connectivity index (χ1) is 9.10. The second kappa shape index (κ2) is 7.56. The van der Waals surface area contributed by atoms with Gasteiger partial charge in [0.25, 0.3) is 5.91 Å². The van der Waals surface area contributed by atoms with Gasteiger partial charge in [-0.15, -0.1) is 0 Å². The van der Waals surface area contributed by atoms with E-state index in [1.165, 1.54) is 0 Å². The van der Waals surface area contributed by atoms with Crippen LogP contribution in [0.15, 0.2) is 24.3 Å². The minimum Gasteiger partial charge on any atom is -0.466 e. The number of hydrogen-bond donors (Lipinski definition) is 0. The van der Waals surface area contributed by atoms with E-state index in [1.807, 2.05) is 31.2 Å². The Bertz CT molecular complexity index is 443. The van der Waals surface area contributed by atoms with Gasteiger partial charge in [-0.3, -0.25) is 9.59 Å². The number of rotatable bonds is 6. The smallest absolute Gasteiger partial charge is 0.307 e. The zero-order valence-electron chi connectivity index (χ0n) is 11.8. The van der Waals surface area contributed by atoms with Gasteiger partial charge in [-0.1, -0.05) is 25.1 Å². The lowest BCUT2D eigenvalue weighted by atomic mass is 10.0. The van der Waals surface area contributed by atoms with E-state index in [2.05, 4.69) is 0 Å². The van der Waals surface area contributed by atoms with E-state index in [9.17, 15) is 9.59 Å². The van der Waals surface area contributed by atoms with E-state index < -0.39 is 0 Å². The Morgan fingerprint density at radius 2 is 1.89 bits per heavy atom. The monoisotopic (exact) mass is 263 g/mol. The fraction of sp³-hybridized carbons (Fsp3) is 0.467. The Morgan fingerprint density at radius 1 is 1.21 bits per heavy atom. The molecule has 0 aliphatic rings. The van der Waals surface area contributed by atoms with E-state index in [1.54, 1.807) is 18.9 Å². The lowest BCUT2D eigenvalue weighted by molar-refractivity contribution is -0.143. The van der Waals surface area contributed by atoms with Crippen molar-refractivity contribution < 1.29 is 14.3 Å². The molecule has 1 amide bonds. The highest BCUT2D eigenvalue weighted by Crippen LogP contribution is 2.12. The minimum absolute atomic E-state index is 0.0539. The standard InChI is InChI=1S/C15H21NO3/c1-4-12-8-6-7-9-13(12)15(18)16(3)11-10-14(17)19-5-2/h6-9H,4-5,10-11H2,1-3H3. The normalized spacial score (nSPS) is 10.1. The zero-order chi connectivity index (χ0) is 14.3. The molecule has 1 rings (SSSR count). The van der Waals surface area contributed by atoms with Crippen LogP contribution in [0.5, 0.6) is 0 Å². The number of aryl methyl sites for hydroxylation is 1. The Balaban J connectivity index is 2.64. The maximum absolute atomic E-state index is 12.3. The summed E-state index contributed by atoms with van der Waals surface area (Å²) in [5.41, 5.74) is 1.73. The molecule has 1 aromatic rings. The summed E-state index contributed by atoms with van der Waals surface area (Å²) in [7, 11) is 1.70. The molecule has 0 atom stereocenters. The summed E-state index contributed by atoms with van der Waals surface area (Å²) in [4.78, 5) is 25.1. The van der Waals surface area contributed by atoms with Crippen LogP contribution in [-0.2, 0) is 16.0 Å². The molecule has 0 saturated carbocycles. The molecule has 0 aromatic heterocycles. The highest BCUT2D eigenvalue weighted by atomic mass is 16.5. The average Bonchev–Trinajstić information content (AvgIpc) is 2.44. The van der Waals surface area contributed by atoms with Gasteiger partial charge in [0.05, 0.1) is 13.0 Å². The Labute approximate surface area is 114 Å². The number of carbonyl (C=O) groups excluding carboxylic acids is 2. The third-order valence-corrected chi connectivity index (χ3v) is 2.93. The summed E-state index contributed by atoms with van der Waals surface area (Å²) < 4.78 is 4.85. The molecular weight excluding hydrogens is 242 g/mol. The van der Waals surface area contributed by atoms with E-state index in [0.717, 1.165) is 12.0 Å². The third kappa shape index (κ3) is 4.39. The van der Waals surface area contributed by atoms with Crippen LogP contribution in [0, 0.1) is 0 Å². The number of benzene rings is 1. The topological polar surface area (TPSA) is 46.6 Å². The van der Waals surface area contributed by atoms with Gasteiger partial charge in [0.1, 0.15) is 0 Å². The Morgan fingerprint density at radius 3 is 2.53 bits per heavy atom. The molecule has 0 spiro atoms. The molecule has 4 nitrogen and oxygen atoms in total. The first-order valence-electron chi connectivity index (χ1n) is 6.59. The van der Waals surface area contributed by atoms with Gasteiger partial charge in [-0.25, -0.2) is 0 Å². The molecule has 0 unspecified atom stereocenters. The first-order valence-corrected chi connectivity index (χ1v) is 6.59. The van der Waals surface area contributed by atoms with Gasteiger partial charge in [-0.05, 0) is 25.0 Å². The molecule has 0 heterocycles. The molecule has 0 bridgehead atoms. The van der Waals surface area contributed by atoms with Crippen molar-refractivity contribution in [3.63, 3.8) is 0 Å². The molecule has 0 aliphatic heterocycles. The SMILES string of the molecule is CCOC(=O)CCN(C)C(=O)c1ccccc1CC. The highest BCUT2D eigenvalue weighted by molar-refractivity contribution is 5.95. The van der Waals surface area contributed by atoms with Crippen molar-refractivity contribution in [3.05, 3.63) is 35.4 Å². The average molecular weight is 263 g/mol. The minimum atomic E-state index is -0.272. The largest absolute Gasteiger partial charge is 0.466 e. The van der Waals surface area contributed by atoms with Crippen LogP contribution in [-0.4, -0.2) is 37.0 Å². The Kier molecular flexibility index (Phi) is 6.06. The lowest BCUT2D eigenvalue weighted by Crippen LogP contribution is -2.30. The van der Waals surface area contributed by atoms with Crippen LogP contribution in [0.25, 0.3) is 0 Å². The van der Waals surface area contributed by atoms with Crippen molar-refractivity contribution in [2.45, 2.75) is 26.7 Å². The number of hydrogen-bond acceptors (Lipinski definition) is 3. The third-order valence-electron chi connectivity index (χ3n) is 2.93. The molecule has 0 aliphatic carbocycles. The van der Waals surface area contributed by atoms with E-state index in [0.29, 0.717) is 18.7 Å². The number of ether oxygens (including phenoxy) is 1. The van der Waals surface area contributed by atoms with Gasteiger partial charge in [-0.2, -0.15) is 0 Å². The molecule has 0 radical (unpaired) electrons. The molecule has 1 aromatic carbocycles. The summed E-state index contributed by atoms with van der Waals surface area (Å²) >= 11 is 0. The zero-order valence-corrected chi connectivity index (χ0v) is 11.8.